The first kappa shape index (κ1) is 15.1. The summed E-state index contributed by atoms with van der Waals surface area (Å²) in [6.45, 7) is 2.56. The second-order valence-electron chi connectivity index (χ2n) is 4.46. The fraction of sp³-hybridized carbons (Fsp3) is 0.636. The number of hydrogen-bond acceptors (Lipinski definition) is 6. The second-order valence-corrected chi connectivity index (χ2v) is 4.82. The Morgan fingerprint density at radius 2 is 1.78 bits per heavy atom. The summed E-state index contributed by atoms with van der Waals surface area (Å²) < 4.78 is 0. The van der Waals surface area contributed by atoms with E-state index in [0.717, 1.165) is 0 Å². The maximum Gasteiger partial charge on any atom is 0.138 e. The van der Waals surface area contributed by atoms with E-state index in [1.54, 1.807) is 0 Å². The highest BCUT2D eigenvalue weighted by molar-refractivity contribution is 6.30. The molecule has 0 amide bonds. The van der Waals surface area contributed by atoms with E-state index in [2.05, 4.69) is 15.3 Å². The highest BCUT2D eigenvalue weighted by atomic mass is 35.5. The molecule has 0 fully saturated rings. The quantitative estimate of drug-likeness (QED) is 0.560. The summed E-state index contributed by atoms with van der Waals surface area (Å²) in [5, 5.41) is 31.0. The van der Waals surface area contributed by atoms with Gasteiger partial charge in [0.05, 0.1) is 19.8 Å². The molecule has 1 rings (SSSR count). The molecule has 1 heterocycles. The van der Waals surface area contributed by atoms with Crippen LogP contribution < -0.4 is 5.32 Å². The molecule has 0 aliphatic heterocycles. The fourth-order valence-corrected chi connectivity index (χ4v) is 1.86. The average molecular weight is 276 g/mol. The number of nitrogens with zero attached hydrogens (tertiary/aromatic N) is 2. The maximum atomic E-state index is 9.28. The van der Waals surface area contributed by atoms with Crippen molar-refractivity contribution in [1.29, 1.82) is 0 Å². The third-order valence-corrected chi connectivity index (χ3v) is 3.01. The van der Waals surface area contributed by atoms with Crippen molar-refractivity contribution in [1.82, 2.24) is 9.97 Å². The molecule has 0 radical (unpaired) electrons. The summed E-state index contributed by atoms with van der Waals surface area (Å²) in [6, 6.07) is 0. The summed E-state index contributed by atoms with van der Waals surface area (Å²) >= 11 is 6.00. The van der Waals surface area contributed by atoms with E-state index < -0.39 is 25.4 Å². The van der Waals surface area contributed by atoms with Gasteiger partial charge in [-0.2, -0.15) is 0 Å². The van der Waals surface area contributed by atoms with Crippen molar-refractivity contribution in [2.45, 2.75) is 25.3 Å². The van der Waals surface area contributed by atoms with Crippen LogP contribution in [0.4, 0.5) is 5.82 Å². The molecule has 7 heteroatoms. The Morgan fingerprint density at radius 3 is 2.22 bits per heavy atom. The van der Waals surface area contributed by atoms with Gasteiger partial charge in [0.15, 0.2) is 0 Å². The number of nitrogens with one attached hydrogen (secondary N) is 1. The lowest BCUT2D eigenvalue weighted by atomic mass is 10.0. The number of aliphatic hydroxyl groups is 3. The van der Waals surface area contributed by atoms with Crippen LogP contribution in [0.25, 0.3) is 0 Å². The van der Waals surface area contributed by atoms with Gasteiger partial charge in [0.1, 0.15) is 22.8 Å². The normalized spacial score (nSPS) is 11.9. The summed E-state index contributed by atoms with van der Waals surface area (Å²) in [7, 11) is 0. The zero-order valence-electron chi connectivity index (χ0n) is 10.4. The Bertz CT molecular complexity index is 389. The molecular formula is C11H18ClN3O3. The summed E-state index contributed by atoms with van der Waals surface area (Å²) in [5.74, 6) is 0.470. The van der Waals surface area contributed by atoms with Crippen LogP contribution in [0.15, 0.2) is 6.33 Å². The first-order valence-electron chi connectivity index (χ1n) is 5.61. The average Bonchev–Trinajstić information content (AvgIpc) is 2.35. The van der Waals surface area contributed by atoms with Crippen LogP contribution in [-0.4, -0.2) is 50.6 Å². The first-order valence-corrected chi connectivity index (χ1v) is 5.98. The van der Waals surface area contributed by atoms with E-state index in [4.69, 9.17) is 11.6 Å². The topological polar surface area (TPSA) is 98.5 Å². The van der Waals surface area contributed by atoms with E-state index in [1.165, 1.54) is 6.33 Å². The Balaban J connectivity index is 3.14. The van der Waals surface area contributed by atoms with E-state index in [0.29, 0.717) is 16.5 Å². The minimum atomic E-state index is -1.23. The second kappa shape index (κ2) is 6.29. The number of halogens is 1. The maximum absolute atomic E-state index is 9.28. The molecule has 18 heavy (non-hydrogen) atoms. The van der Waals surface area contributed by atoms with Crippen molar-refractivity contribution in [2.24, 2.45) is 0 Å². The smallest absolute Gasteiger partial charge is 0.138 e. The van der Waals surface area contributed by atoms with Crippen molar-refractivity contribution < 1.29 is 15.3 Å². The monoisotopic (exact) mass is 275 g/mol. The molecule has 0 aromatic carbocycles. The van der Waals surface area contributed by atoms with Gasteiger partial charge in [-0.05, 0) is 5.92 Å². The predicted molar refractivity (Wildman–Crippen MR) is 68.7 cm³/mol. The van der Waals surface area contributed by atoms with Crippen molar-refractivity contribution >= 4 is 17.4 Å². The minimum Gasteiger partial charge on any atom is -0.394 e. The van der Waals surface area contributed by atoms with Gasteiger partial charge in [-0.25, -0.2) is 9.97 Å². The molecule has 0 unspecified atom stereocenters. The van der Waals surface area contributed by atoms with Gasteiger partial charge in [-0.3, -0.25) is 0 Å². The molecule has 0 aliphatic rings. The molecule has 6 nitrogen and oxygen atoms in total. The molecule has 0 spiro atoms. The van der Waals surface area contributed by atoms with Gasteiger partial charge in [-0.15, -0.1) is 0 Å². The SMILES string of the molecule is CC(C)c1c(Cl)ncnc1NC(CO)(CO)CO. The van der Waals surface area contributed by atoms with Crippen LogP contribution >= 0.6 is 11.6 Å². The van der Waals surface area contributed by atoms with Gasteiger partial charge in [-0.1, -0.05) is 25.4 Å². The lowest BCUT2D eigenvalue weighted by Crippen LogP contribution is -2.49. The van der Waals surface area contributed by atoms with E-state index >= 15 is 0 Å². The summed E-state index contributed by atoms with van der Waals surface area (Å²) in [5.41, 5.74) is -0.555. The Morgan fingerprint density at radius 1 is 1.22 bits per heavy atom. The molecule has 0 bridgehead atoms. The number of rotatable bonds is 6. The van der Waals surface area contributed by atoms with E-state index in [-0.39, 0.29) is 5.92 Å². The number of aromatic nitrogens is 2. The van der Waals surface area contributed by atoms with Crippen LogP contribution in [0.1, 0.15) is 25.3 Å². The minimum absolute atomic E-state index is 0.0648. The molecule has 0 atom stereocenters. The van der Waals surface area contributed by atoms with Crippen LogP contribution in [-0.2, 0) is 0 Å². The van der Waals surface area contributed by atoms with E-state index in [1.807, 2.05) is 13.8 Å². The molecule has 0 aliphatic carbocycles. The van der Waals surface area contributed by atoms with Crippen LogP contribution in [0.3, 0.4) is 0 Å². The summed E-state index contributed by atoms with van der Waals surface area (Å²) in [4.78, 5) is 7.94. The van der Waals surface area contributed by atoms with Crippen LogP contribution in [0.2, 0.25) is 5.15 Å². The molecule has 0 saturated carbocycles. The van der Waals surface area contributed by atoms with Crippen molar-refractivity contribution in [3.8, 4) is 0 Å². The van der Waals surface area contributed by atoms with Gasteiger partial charge in [0, 0.05) is 5.56 Å². The highest BCUT2D eigenvalue weighted by Crippen LogP contribution is 2.29. The third kappa shape index (κ3) is 3.08. The predicted octanol–water partition coefficient (Wildman–Crippen LogP) is 0.381. The largest absolute Gasteiger partial charge is 0.394 e. The lowest BCUT2D eigenvalue weighted by molar-refractivity contribution is 0.0830. The van der Waals surface area contributed by atoms with Gasteiger partial charge in [0.2, 0.25) is 0 Å². The van der Waals surface area contributed by atoms with Gasteiger partial charge < -0.3 is 20.6 Å². The van der Waals surface area contributed by atoms with Crippen LogP contribution in [0.5, 0.6) is 0 Å². The third-order valence-electron chi connectivity index (χ3n) is 2.70. The van der Waals surface area contributed by atoms with Gasteiger partial charge in [0.25, 0.3) is 0 Å². The molecule has 0 saturated heterocycles. The summed E-state index contributed by atoms with van der Waals surface area (Å²) in [6.07, 6.45) is 1.29. The zero-order chi connectivity index (χ0) is 13.8. The van der Waals surface area contributed by atoms with E-state index in [9.17, 15) is 15.3 Å². The fourth-order valence-electron chi connectivity index (χ4n) is 1.51. The zero-order valence-corrected chi connectivity index (χ0v) is 11.1. The standard InChI is InChI=1S/C11H18ClN3O3/c1-7(2)8-9(12)13-6-14-10(8)15-11(3-16,4-17)5-18/h6-7,16-18H,3-5H2,1-2H3,(H,13,14,15). The van der Waals surface area contributed by atoms with Crippen molar-refractivity contribution in [3.05, 3.63) is 17.0 Å². The Labute approximate surface area is 111 Å². The molecule has 1 aromatic rings. The lowest BCUT2D eigenvalue weighted by Gasteiger charge is -2.30. The molecule has 4 N–H and O–H groups in total. The van der Waals surface area contributed by atoms with Gasteiger partial charge >= 0.3 is 0 Å². The van der Waals surface area contributed by atoms with Crippen molar-refractivity contribution in [3.63, 3.8) is 0 Å². The Hall–Kier alpha value is -0.950. The number of aliphatic hydroxyl groups excluding tert-OH is 3. The highest BCUT2D eigenvalue weighted by Gasteiger charge is 2.30. The number of anilines is 1. The molecule has 1 aromatic heterocycles. The number of hydrogen-bond donors (Lipinski definition) is 4. The molecule has 102 valence electrons. The van der Waals surface area contributed by atoms with Crippen molar-refractivity contribution in [2.75, 3.05) is 25.1 Å². The Kier molecular flexibility index (Phi) is 5.28. The molecular weight excluding hydrogens is 258 g/mol. The first-order chi connectivity index (χ1) is 8.49. The van der Waals surface area contributed by atoms with Crippen LogP contribution in [0, 0.1) is 0 Å².